The first kappa shape index (κ1) is 14.4. The predicted octanol–water partition coefficient (Wildman–Crippen LogP) is 4.13. The van der Waals surface area contributed by atoms with Crippen molar-refractivity contribution in [2.75, 3.05) is 6.54 Å². The summed E-state index contributed by atoms with van der Waals surface area (Å²) in [6.07, 6.45) is 1.78. The number of nitrogens with zero attached hydrogens (tertiary/aromatic N) is 1. The van der Waals surface area contributed by atoms with Crippen LogP contribution in [0, 0.1) is 5.92 Å². The molecule has 2 rings (SSSR count). The Hall–Kier alpha value is -1.03. The molecule has 0 bridgehead atoms. The summed E-state index contributed by atoms with van der Waals surface area (Å²) in [4.78, 5) is 7.59. The van der Waals surface area contributed by atoms with Crippen molar-refractivity contribution < 1.29 is 0 Å². The predicted molar refractivity (Wildman–Crippen MR) is 80.6 cm³/mol. The number of aromatic amines is 1. The molecule has 1 aromatic heterocycles. The molecule has 0 saturated heterocycles. The summed E-state index contributed by atoms with van der Waals surface area (Å²) in [5.41, 5.74) is 1.76. The first-order valence-corrected chi connectivity index (χ1v) is 7.02. The second-order valence-electron chi connectivity index (χ2n) is 4.89. The lowest BCUT2D eigenvalue weighted by Crippen LogP contribution is -2.19. The van der Waals surface area contributed by atoms with Crippen molar-refractivity contribution in [3.05, 3.63) is 40.3 Å². The van der Waals surface area contributed by atoms with Crippen molar-refractivity contribution in [3.63, 3.8) is 0 Å². The maximum Gasteiger partial charge on any atom is 0.120 e. The van der Waals surface area contributed by atoms with Crippen LogP contribution in [0.25, 0.3) is 11.3 Å². The zero-order valence-corrected chi connectivity index (χ0v) is 12.5. The summed E-state index contributed by atoms with van der Waals surface area (Å²) < 4.78 is 0. The van der Waals surface area contributed by atoms with Crippen molar-refractivity contribution in [1.29, 1.82) is 0 Å². The zero-order valence-electron chi connectivity index (χ0n) is 11.0. The Balaban J connectivity index is 2.10. The first-order valence-electron chi connectivity index (χ1n) is 6.26. The van der Waals surface area contributed by atoms with Gasteiger partial charge in [-0.1, -0.05) is 37.0 Å². The van der Waals surface area contributed by atoms with Gasteiger partial charge in [0, 0.05) is 10.6 Å². The van der Waals surface area contributed by atoms with Crippen LogP contribution in [0.5, 0.6) is 0 Å². The second kappa shape index (κ2) is 6.42. The van der Waals surface area contributed by atoms with Gasteiger partial charge in [-0.2, -0.15) is 0 Å². The van der Waals surface area contributed by atoms with Crippen LogP contribution in [-0.4, -0.2) is 16.5 Å². The maximum absolute atomic E-state index is 6.16. The second-order valence-corrected chi connectivity index (χ2v) is 5.74. The lowest BCUT2D eigenvalue weighted by molar-refractivity contribution is 0.545. The molecule has 0 unspecified atom stereocenters. The topological polar surface area (TPSA) is 40.7 Å². The van der Waals surface area contributed by atoms with Crippen LogP contribution in [-0.2, 0) is 6.54 Å². The Bertz CT molecular complexity index is 549. The third-order valence-electron chi connectivity index (χ3n) is 2.69. The SMILES string of the molecule is CC(C)CNCc1ncc(-c2cc(Cl)ccc2Cl)[nH]1. The van der Waals surface area contributed by atoms with Crippen molar-refractivity contribution >= 4 is 23.2 Å². The van der Waals surface area contributed by atoms with Gasteiger partial charge in [-0.3, -0.25) is 0 Å². The number of aromatic nitrogens is 2. The average Bonchev–Trinajstić information content (AvgIpc) is 2.80. The molecule has 0 saturated carbocycles. The minimum absolute atomic E-state index is 0.622. The molecule has 0 aliphatic carbocycles. The quantitative estimate of drug-likeness (QED) is 0.871. The third kappa shape index (κ3) is 3.96. The molecule has 1 aromatic carbocycles. The van der Waals surface area contributed by atoms with Crippen LogP contribution < -0.4 is 5.32 Å². The van der Waals surface area contributed by atoms with Gasteiger partial charge < -0.3 is 10.3 Å². The van der Waals surface area contributed by atoms with E-state index in [-0.39, 0.29) is 0 Å². The summed E-state index contributed by atoms with van der Waals surface area (Å²) in [6, 6.07) is 5.40. The lowest BCUT2D eigenvalue weighted by atomic mass is 10.2. The Kier molecular flexibility index (Phi) is 4.86. The Morgan fingerprint density at radius 3 is 2.84 bits per heavy atom. The standard InChI is InChI=1S/C14H17Cl2N3/c1-9(2)6-17-8-14-18-7-13(19-14)11-5-10(15)3-4-12(11)16/h3-5,7,9,17H,6,8H2,1-2H3,(H,18,19). The number of hydrogen-bond acceptors (Lipinski definition) is 2. The smallest absolute Gasteiger partial charge is 0.120 e. The summed E-state index contributed by atoms with van der Waals surface area (Å²) >= 11 is 12.2. The van der Waals surface area contributed by atoms with Crippen LogP contribution in [0.1, 0.15) is 19.7 Å². The molecular formula is C14H17Cl2N3. The van der Waals surface area contributed by atoms with Crippen molar-refractivity contribution in [3.8, 4) is 11.3 Å². The summed E-state index contributed by atoms with van der Waals surface area (Å²) in [5.74, 6) is 1.52. The van der Waals surface area contributed by atoms with Gasteiger partial charge in [0.2, 0.25) is 0 Å². The van der Waals surface area contributed by atoms with Gasteiger partial charge in [0.05, 0.1) is 23.5 Å². The van der Waals surface area contributed by atoms with Crippen LogP contribution in [0.4, 0.5) is 0 Å². The van der Waals surface area contributed by atoms with E-state index in [0.717, 1.165) is 30.2 Å². The Labute approximate surface area is 123 Å². The maximum atomic E-state index is 6.16. The van der Waals surface area contributed by atoms with Gasteiger partial charge in [0.1, 0.15) is 5.82 Å². The van der Waals surface area contributed by atoms with E-state index in [1.54, 1.807) is 18.3 Å². The van der Waals surface area contributed by atoms with E-state index in [4.69, 9.17) is 23.2 Å². The normalized spacial score (nSPS) is 11.2. The fourth-order valence-corrected chi connectivity index (χ4v) is 2.16. The molecule has 2 aromatic rings. The summed E-state index contributed by atoms with van der Waals surface area (Å²) in [5, 5.41) is 4.66. The highest BCUT2D eigenvalue weighted by atomic mass is 35.5. The van der Waals surface area contributed by atoms with E-state index in [1.165, 1.54) is 0 Å². The summed E-state index contributed by atoms with van der Waals surface area (Å²) in [7, 11) is 0. The van der Waals surface area contributed by atoms with E-state index in [2.05, 4.69) is 29.1 Å². The minimum atomic E-state index is 0.622. The number of imidazole rings is 1. The molecule has 0 fully saturated rings. The van der Waals surface area contributed by atoms with Crippen molar-refractivity contribution in [2.45, 2.75) is 20.4 Å². The number of hydrogen-bond donors (Lipinski definition) is 2. The zero-order chi connectivity index (χ0) is 13.8. The van der Waals surface area contributed by atoms with E-state index in [9.17, 15) is 0 Å². The third-order valence-corrected chi connectivity index (χ3v) is 3.26. The van der Waals surface area contributed by atoms with Gasteiger partial charge in [-0.05, 0) is 30.7 Å². The van der Waals surface area contributed by atoms with Crippen LogP contribution in [0.3, 0.4) is 0 Å². The first-order chi connectivity index (χ1) is 9.06. The highest BCUT2D eigenvalue weighted by molar-refractivity contribution is 6.35. The number of benzene rings is 1. The molecule has 0 aliphatic heterocycles. The van der Waals surface area contributed by atoms with Gasteiger partial charge in [-0.25, -0.2) is 4.98 Å². The molecule has 102 valence electrons. The Morgan fingerprint density at radius 1 is 1.32 bits per heavy atom. The molecule has 0 amide bonds. The monoisotopic (exact) mass is 297 g/mol. The lowest BCUT2D eigenvalue weighted by Gasteiger charge is -2.05. The highest BCUT2D eigenvalue weighted by Gasteiger charge is 2.08. The number of nitrogens with one attached hydrogen (secondary N) is 2. The molecule has 1 heterocycles. The van der Waals surface area contributed by atoms with Gasteiger partial charge in [-0.15, -0.1) is 0 Å². The molecule has 5 heteroatoms. The molecule has 3 nitrogen and oxygen atoms in total. The number of halogens is 2. The fourth-order valence-electron chi connectivity index (χ4n) is 1.77. The van der Waals surface area contributed by atoms with E-state index in [0.29, 0.717) is 16.0 Å². The minimum Gasteiger partial charge on any atom is -0.341 e. The van der Waals surface area contributed by atoms with E-state index >= 15 is 0 Å². The van der Waals surface area contributed by atoms with E-state index in [1.807, 2.05) is 6.07 Å². The number of rotatable bonds is 5. The van der Waals surface area contributed by atoms with Crippen LogP contribution >= 0.6 is 23.2 Å². The number of H-pyrrole nitrogens is 1. The molecule has 0 radical (unpaired) electrons. The van der Waals surface area contributed by atoms with Gasteiger partial charge in [0.15, 0.2) is 0 Å². The van der Waals surface area contributed by atoms with Crippen molar-refractivity contribution in [2.24, 2.45) is 5.92 Å². The Morgan fingerprint density at radius 2 is 2.11 bits per heavy atom. The van der Waals surface area contributed by atoms with Crippen molar-refractivity contribution in [1.82, 2.24) is 15.3 Å². The molecular weight excluding hydrogens is 281 g/mol. The largest absolute Gasteiger partial charge is 0.341 e. The molecule has 0 atom stereocenters. The average molecular weight is 298 g/mol. The molecule has 0 spiro atoms. The van der Waals surface area contributed by atoms with Crippen LogP contribution in [0.2, 0.25) is 10.0 Å². The fraction of sp³-hybridized carbons (Fsp3) is 0.357. The molecule has 19 heavy (non-hydrogen) atoms. The van der Waals surface area contributed by atoms with Gasteiger partial charge >= 0.3 is 0 Å². The molecule has 2 N–H and O–H groups in total. The molecule has 0 aliphatic rings. The summed E-state index contributed by atoms with van der Waals surface area (Å²) in [6.45, 7) is 6.03. The van der Waals surface area contributed by atoms with Gasteiger partial charge in [0.25, 0.3) is 0 Å². The highest BCUT2D eigenvalue weighted by Crippen LogP contribution is 2.29. The van der Waals surface area contributed by atoms with E-state index < -0.39 is 0 Å². The van der Waals surface area contributed by atoms with Crippen LogP contribution in [0.15, 0.2) is 24.4 Å².